The van der Waals surface area contributed by atoms with Crippen molar-refractivity contribution in [2.24, 2.45) is 5.92 Å². The molecule has 1 fully saturated rings. The molecule has 1 N–H and O–H groups in total. The number of rotatable bonds is 6. The predicted octanol–water partition coefficient (Wildman–Crippen LogP) is 4.91. The minimum absolute atomic E-state index is 0.148. The lowest BCUT2D eigenvalue weighted by molar-refractivity contribution is -0.0499. The van der Waals surface area contributed by atoms with Crippen molar-refractivity contribution in [3.63, 3.8) is 0 Å². The van der Waals surface area contributed by atoms with Crippen LogP contribution in [-0.2, 0) is 0 Å². The van der Waals surface area contributed by atoms with Gasteiger partial charge in [-0.15, -0.1) is 0 Å². The molecular weight excluding hydrogens is 272 g/mol. The van der Waals surface area contributed by atoms with Gasteiger partial charge in [-0.05, 0) is 56.2 Å². The molecule has 1 saturated carbocycles. The molecule has 4 heteroatoms. The number of nitrogens with one attached hydrogen (secondary N) is 1. The maximum atomic E-state index is 12.3. The standard InChI is InChI=1S/C17H25F2NO/c1-3-13-7-9-15(10-8-13)20-12(2)14-5-4-6-16(11-14)21-17(18)19/h4-6,11-13,15,17,20H,3,7-10H2,1-2H3. The van der Waals surface area contributed by atoms with E-state index in [1.54, 1.807) is 18.2 Å². The number of ether oxygens (including phenoxy) is 1. The van der Waals surface area contributed by atoms with E-state index < -0.39 is 6.61 Å². The van der Waals surface area contributed by atoms with E-state index in [2.05, 4.69) is 23.9 Å². The zero-order valence-electron chi connectivity index (χ0n) is 12.8. The van der Waals surface area contributed by atoms with Crippen LogP contribution in [0.1, 0.15) is 57.6 Å². The molecule has 0 aliphatic heterocycles. The number of alkyl halides is 2. The molecule has 118 valence electrons. The lowest BCUT2D eigenvalue weighted by Crippen LogP contribution is -2.34. The van der Waals surface area contributed by atoms with Crippen LogP contribution in [0.5, 0.6) is 5.75 Å². The van der Waals surface area contributed by atoms with E-state index >= 15 is 0 Å². The van der Waals surface area contributed by atoms with Crippen LogP contribution < -0.4 is 10.1 Å². The number of hydrogen-bond donors (Lipinski definition) is 1. The molecule has 1 atom stereocenters. The quantitative estimate of drug-likeness (QED) is 0.805. The normalized spacial score (nSPS) is 24.0. The minimum atomic E-state index is -2.77. The van der Waals surface area contributed by atoms with Crippen LogP contribution in [0.3, 0.4) is 0 Å². The number of benzene rings is 1. The van der Waals surface area contributed by atoms with Crippen LogP contribution in [0, 0.1) is 5.92 Å². The second kappa shape index (κ2) is 7.74. The summed E-state index contributed by atoms with van der Waals surface area (Å²) in [4.78, 5) is 0. The van der Waals surface area contributed by atoms with Crippen LogP contribution in [0.15, 0.2) is 24.3 Å². The summed E-state index contributed by atoms with van der Waals surface area (Å²) in [5.41, 5.74) is 0.991. The summed E-state index contributed by atoms with van der Waals surface area (Å²) in [6, 6.07) is 7.65. The molecule has 1 aliphatic rings. The second-order valence-electron chi connectivity index (χ2n) is 5.97. The molecule has 0 spiro atoms. The van der Waals surface area contributed by atoms with E-state index in [1.807, 2.05) is 6.07 Å². The van der Waals surface area contributed by atoms with Crippen molar-refractivity contribution in [2.75, 3.05) is 0 Å². The molecule has 1 aromatic rings. The fraction of sp³-hybridized carbons (Fsp3) is 0.647. The first kappa shape index (κ1) is 16.2. The van der Waals surface area contributed by atoms with E-state index in [0.29, 0.717) is 6.04 Å². The number of halogens is 2. The fourth-order valence-corrected chi connectivity index (χ4v) is 3.15. The topological polar surface area (TPSA) is 21.3 Å². The fourth-order valence-electron chi connectivity index (χ4n) is 3.15. The Bertz CT molecular complexity index is 431. The Labute approximate surface area is 125 Å². The average molecular weight is 297 g/mol. The van der Waals surface area contributed by atoms with Crippen LogP contribution in [0.4, 0.5) is 8.78 Å². The SMILES string of the molecule is CCC1CCC(NC(C)c2cccc(OC(F)F)c2)CC1. The van der Waals surface area contributed by atoms with E-state index in [1.165, 1.54) is 32.1 Å². The Morgan fingerprint density at radius 1 is 1.24 bits per heavy atom. The molecule has 1 aromatic carbocycles. The van der Waals surface area contributed by atoms with Crippen LogP contribution >= 0.6 is 0 Å². The Morgan fingerprint density at radius 3 is 2.57 bits per heavy atom. The zero-order chi connectivity index (χ0) is 15.2. The smallest absolute Gasteiger partial charge is 0.387 e. The highest BCUT2D eigenvalue weighted by molar-refractivity contribution is 5.30. The Hall–Kier alpha value is -1.16. The van der Waals surface area contributed by atoms with Crippen molar-refractivity contribution in [3.05, 3.63) is 29.8 Å². The zero-order valence-corrected chi connectivity index (χ0v) is 12.8. The predicted molar refractivity (Wildman–Crippen MR) is 80.7 cm³/mol. The summed E-state index contributed by atoms with van der Waals surface area (Å²) >= 11 is 0. The maximum absolute atomic E-state index is 12.3. The molecule has 21 heavy (non-hydrogen) atoms. The van der Waals surface area contributed by atoms with Crippen molar-refractivity contribution < 1.29 is 13.5 Å². The van der Waals surface area contributed by atoms with Gasteiger partial charge in [0, 0.05) is 12.1 Å². The number of hydrogen-bond acceptors (Lipinski definition) is 2. The lowest BCUT2D eigenvalue weighted by Gasteiger charge is -2.31. The molecule has 2 rings (SSSR count). The van der Waals surface area contributed by atoms with Gasteiger partial charge < -0.3 is 10.1 Å². The first-order valence-electron chi connectivity index (χ1n) is 7.89. The highest BCUT2D eigenvalue weighted by atomic mass is 19.3. The molecular formula is C17H25F2NO. The first-order valence-corrected chi connectivity index (χ1v) is 7.89. The van der Waals surface area contributed by atoms with Crippen molar-refractivity contribution in [2.45, 2.75) is 64.6 Å². The Morgan fingerprint density at radius 2 is 1.95 bits per heavy atom. The van der Waals surface area contributed by atoms with E-state index in [-0.39, 0.29) is 11.8 Å². The van der Waals surface area contributed by atoms with Gasteiger partial charge in [0.15, 0.2) is 0 Å². The van der Waals surface area contributed by atoms with Crippen molar-refractivity contribution in [3.8, 4) is 5.75 Å². The molecule has 0 heterocycles. The summed E-state index contributed by atoms with van der Waals surface area (Å²) in [7, 11) is 0. The summed E-state index contributed by atoms with van der Waals surface area (Å²) < 4.78 is 29.0. The highest BCUT2D eigenvalue weighted by Crippen LogP contribution is 2.28. The molecule has 0 amide bonds. The van der Waals surface area contributed by atoms with Crippen molar-refractivity contribution in [1.82, 2.24) is 5.32 Å². The largest absolute Gasteiger partial charge is 0.435 e. The summed E-state index contributed by atoms with van der Waals surface area (Å²) in [5, 5.41) is 3.62. The first-order chi connectivity index (χ1) is 10.1. The van der Waals surface area contributed by atoms with E-state index in [0.717, 1.165) is 11.5 Å². The van der Waals surface area contributed by atoms with E-state index in [4.69, 9.17) is 0 Å². The summed E-state index contributed by atoms with van der Waals surface area (Å²) in [6.45, 7) is 1.57. The molecule has 0 radical (unpaired) electrons. The van der Waals surface area contributed by atoms with Crippen LogP contribution in [0.2, 0.25) is 0 Å². The van der Waals surface area contributed by atoms with Crippen molar-refractivity contribution in [1.29, 1.82) is 0 Å². The molecule has 1 unspecified atom stereocenters. The Kier molecular flexibility index (Phi) is 5.97. The van der Waals surface area contributed by atoms with Crippen molar-refractivity contribution >= 4 is 0 Å². The molecule has 0 aromatic heterocycles. The lowest BCUT2D eigenvalue weighted by atomic mass is 9.84. The molecule has 1 aliphatic carbocycles. The van der Waals surface area contributed by atoms with Gasteiger partial charge in [-0.2, -0.15) is 8.78 Å². The van der Waals surface area contributed by atoms with Gasteiger partial charge in [0.1, 0.15) is 5.75 Å². The molecule has 0 saturated heterocycles. The van der Waals surface area contributed by atoms with Gasteiger partial charge in [0.05, 0.1) is 0 Å². The summed E-state index contributed by atoms with van der Waals surface area (Å²) in [6.07, 6.45) is 6.26. The van der Waals surface area contributed by atoms with Gasteiger partial charge in [-0.1, -0.05) is 25.5 Å². The van der Waals surface area contributed by atoms with Gasteiger partial charge in [0.25, 0.3) is 0 Å². The third-order valence-electron chi connectivity index (χ3n) is 4.49. The third-order valence-corrected chi connectivity index (χ3v) is 4.49. The minimum Gasteiger partial charge on any atom is -0.435 e. The van der Waals surface area contributed by atoms with E-state index in [9.17, 15) is 8.78 Å². The van der Waals surface area contributed by atoms with Gasteiger partial charge >= 0.3 is 6.61 Å². The average Bonchev–Trinajstić information content (AvgIpc) is 2.47. The molecule has 2 nitrogen and oxygen atoms in total. The van der Waals surface area contributed by atoms with Crippen LogP contribution in [-0.4, -0.2) is 12.7 Å². The highest BCUT2D eigenvalue weighted by Gasteiger charge is 2.21. The molecule has 0 bridgehead atoms. The van der Waals surface area contributed by atoms with Crippen LogP contribution in [0.25, 0.3) is 0 Å². The van der Waals surface area contributed by atoms with Gasteiger partial charge in [0.2, 0.25) is 0 Å². The van der Waals surface area contributed by atoms with Gasteiger partial charge in [-0.25, -0.2) is 0 Å². The maximum Gasteiger partial charge on any atom is 0.387 e. The monoisotopic (exact) mass is 297 g/mol. The van der Waals surface area contributed by atoms with Gasteiger partial charge in [-0.3, -0.25) is 0 Å². The third kappa shape index (κ3) is 4.95. The summed E-state index contributed by atoms with van der Waals surface area (Å²) in [5.74, 6) is 1.10. The Balaban J connectivity index is 1.89. The second-order valence-corrected chi connectivity index (χ2v) is 5.97.